The standard InChI is InChI=1S/C20H25ClFNO2/c1-4-14(3)23-12-15-6-9-19(20(10-15)24-5-2)25-13-16-7-8-17(22)11-18(16)21/h6-11,14,23H,4-5,12-13H2,1-3H3/t14-/m0/s1. The van der Waals surface area contributed by atoms with Crippen molar-refractivity contribution in [3.8, 4) is 11.5 Å². The van der Waals surface area contributed by atoms with Gasteiger partial charge in [-0.1, -0.05) is 30.7 Å². The van der Waals surface area contributed by atoms with E-state index in [0.29, 0.717) is 29.2 Å². The molecule has 0 aliphatic rings. The molecule has 5 heteroatoms. The van der Waals surface area contributed by atoms with Gasteiger partial charge in [-0.05, 0) is 50.1 Å². The second-order valence-electron chi connectivity index (χ2n) is 5.93. The number of hydrogen-bond acceptors (Lipinski definition) is 3. The quantitative estimate of drug-likeness (QED) is 0.650. The van der Waals surface area contributed by atoms with Gasteiger partial charge in [0.2, 0.25) is 0 Å². The average molecular weight is 366 g/mol. The predicted octanol–water partition coefficient (Wildman–Crippen LogP) is 5.34. The largest absolute Gasteiger partial charge is 0.490 e. The van der Waals surface area contributed by atoms with Crippen molar-refractivity contribution in [3.05, 3.63) is 58.4 Å². The van der Waals surface area contributed by atoms with Crippen LogP contribution in [0.25, 0.3) is 0 Å². The van der Waals surface area contributed by atoms with Crippen molar-refractivity contribution in [2.45, 2.75) is 46.4 Å². The van der Waals surface area contributed by atoms with Gasteiger partial charge in [0.15, 0.2) is 11.5 Å². The van der Waals surface area contributed by atoms with Crippen LogP contribution in [0.5, 0.6) is 11.5 Å². The Kier molecular flexibility index (Phi) is 7.53. The lowest BCUT2D eigenvalue weighted by Crippen LogP contribution is -2.24. The van der Waals surface area contributed by atoms with Crippen LogP contribution in [-0.2, 0) is 13.2 Å². The topological polar surface area (TPSA) is 30.5 Å². The third-order valence-corrected chi connectivity index (χ3v) is 4.33. The van der Waals surface area contributed by atoms with E-state index in [0.717, 1.165) is 24.1 Å². The van der Waals surface area contributed by atoms with Crippen molar-refractivity contribution >= 4 is 11.6 Å². The highest BCUT2D eigenvalue weighted by Crippen LogP contribution is 2.30. The van der Waals surface area contributed by atoms with E-state index >= 15 is 0 Å². The second-order valence-corrected chi connectivity index (χ2v) is 6.34. The lowest BCUT2D eigenvalue weighted by molar-refractivity contribution is 0.269. The van der Waals surface area contributed by atoms with Gasteiger partial charge in [0, 0.05) is 18.2 Å². The fraction of sp³-hybridized carbons (Fsp3) is 0.400. The molecule has 0 radical (unpaired) electrons. The van der Waals surface area contributed by atoms with Crippen molar-refractivity contribution in [2.75, 3.05) is 6.61 Å². The van der Waals surface area contributed by atoms with E-state index in [1.165, 1.54) is 12.1 Å². The van der Waals surface area contributed by atoms with Crippen LogP contribution in [0.4, 0.5) is 4.39 Å². The van der Waals surface area contributed by atoms with Crippen LogP contribution in [0, 0.1) is 5.82 Å². The van der Waals surface area contributed by atoms with Gasteiger partial charge < -0.3 is 14.8 Å². The van der Waals surface area contributed by atoms with Gasteiger partial charge >= 0.3 is 0 Å². The van der Waals surface area contributed by atoms with E-state index < -0.39 is 0 Å². The molecule has 0 heterocycles. The number of benzene rings is 2. The molecule has 3 nitrogen and oxygen atoms in total. The van der Waals surface area contributed by atoms with E-state index in [4.69, 9.17) is 21.1 Å². The molecule has 2 aromatic carbocycles. The Morgan fingerprint density at radius 2 is 1.88 bits per heavy atom. The van der Waals surface area contributed by atoms with Crippen molar-refractivity contribution in [2.24, 2.45) is 0 Å². The summed E-state index contributed by atoms with van der Waals surface area (Å²) in [6.07, 6.45) is 1.08. The summed E-state index contributed by atoms with van der Waals surface area (Å²) < 4.78 is 24.7. The molecule has 0 fully saturated rings. The molecular weight excluding hydrogens is 341 g/mol. The summed E-state index contributed by atoms with van der Waals surface area (Å²) in [5.74, 6) is 0.987. The van der Waals surface area contributed by atoms with Crippen LogP contribution in [0.3, 0.4) is 0 Å². The van der Waals surface area contributed by atoms with Crippen LogP contribution in [0.1, 0.15) is 38.3 Å². The molecule has 0 amide bonds. The molecule has 0 aliphatic carbocycles. The van der Waals surface area contributed by atoms with E-state index in [9.17, 15) is 4.39 Å². The molecule has 0 aromatic heterocycles. The molecule has 2 aromatic rings. The Morgan fingerprint density at radius 1 is 1.08 bits per heavy atom. The molecule has 25 heavy (non-hydrogen) atoms. The van der Waals surface area contributed by atoms with Crippen LogP contribution >= 0.6 is 11.6 Å². The van der Waals surface area contributed by atoms with Gasteiger partial charge in [-0.15, -0.1) is 0 Å². The minimum atomic E-state index is -0.359. The van der Waals surface area contributed by atoms with Gasteiger partial charge in [-0.3, -0.25) is 0 Å². The molecular formula is C20H25ClFNO2. The maximum absolute atomic E-state index is 13.1. The van der Waals surface area contributed by atoms with Crippen molar-refractivity contribution in [1.82, 2.24) is 5.32 Å². The molecule has 0 saturated heterocycles. The highest BCUT2D eigenvalue weighted by atomic mass is 35.5. The molecule has 0 spiro atoms. The summed E-state index contributed by atoms with van der Waals surface area (Å²) in [5, 5.41) is 3.81. The molecule has 136 valence electrons. The van der Waals surface area contributed by atoms with E-state index in [1.807, 2.05) is 25.1 Å². The van der Waals surface area contributed by atoms with Crippen LogP contribution < -0.4 is 14.8 Å². The Labute approximate surface area is 154 Å². The molecule has 0 unspecified atom stereocenters. The molecule has 2 rings (SSSR count). The summed E-state index contributed by atoms with van der Waals surface area (Å²) >= 11 is 6.05. The van der Waals surface area contributed by atoms with Crippen LogP contribution in [0.2, 0.25) is 5.02 Å². The summed E-state index contributed by atoms with van der Waals surface area (Å²) in [7, 11) is 0. The third-order valence-electron chi connectivity index (χ3n) is 3.97. The number of nitrogens with one attached hydrogen (secondary N) is 1. The number of ether oxygens (including phenoxy) is 2. The van der Waals surface area contributed by atoms with Gasteiger partial charge in [0.1, 0.15) is 12.4 Å². The zero-order chi connectivity index (χ0) is 18.2. The fourth-order valence-electron chi connectivity index (χ4n) is 2.28. The minimum absolute atomic E-state index is 0.254. The maximum atomic E-state index is 13.1. The van der Waals surface area contributed by atoms with Crippen LogP contribution in [0.15, 0.2) is 36.4 Å². The maximum Gasteiger partial charge on any atom is 0.161 e. The summed E-state index contributed by atoms with van der Waals surface area (Å²) in [5.41, 5.74) is 1.86. The van der Waals surface area contributed by atoms with Gasteiger partial charge in [-0.25, -0.2) is 4.39 Å². The normalized spacial score (nSPS) is 12.0. The highest BCUT2D eigenvalue weighted by molar-refractivity contribution is 6.31. The Hall–Kier alpha value is -1.78. The molecule has 0 aliphatic heterocycles. The molecule has 0 saturated carbocycles. The van der Waals surface area contributed by atoms with Gasteiger partial charge in [0.25, 0.3) is 0 Å². The third kappa shape index (κ3) is 5.91. The Morgan fingerprint density at radius 3 is 2.56 bits per heavy atom. The molecule has 1 N–H and O–H groups in total. The van der Waals surface area contributed by atoms with Crippen molar-refractivity contribution in [3.63, 3.8) is 0 Å². The first-order chi connectivity index (χ1) is 12.0. The zero-order valence-electron chi connectivity index (χ0n) is 14.9. The first-order valence-electron chi connectivity index (χ1n) is 8.59. The number of halogens is 2. The summed E-state index contributed by atoms with van der Waals surface area (Å²) in [6.45, 7) is 7.83. The minimum Gasteiger partial charge on any atom is -0.490 e. The summed E-state index contributed by atoms with van der Waals surface area (Å²) in [6, 6.07) is 10.6. The van der Waals surface area contributed by atoms with Gasteiger partial charge in [-0.2, -0.15) is 0 Å². The zero-order valence-corrected chi connectivity index (χ0v) is 15.7. The van der Waals surface area contributed by atoms with Crippen molar-refractivity contribution in [1.29, 1.82) is 0 Å². The van der Waals surface area contributed by atoms with E-state index in [2.05, 4.69) is 19.2 Å². The lowest BCUT2D eigenvalue weighted by Gasteiger charge is -2.15. The smallest absolute Gasteiger partial charge is 0.161 e. The first kappa shape index (κ1) is 19.5. The summed E-state index contributed by atoms with van der Waals surface area (Å²) in [4.78, 5) is 0. The number of hydrogen-bond donors (Lipinski definition) is 1. The Bertz CT molecular complexity index is 693. The van der Waals surface area contributed by atoms with Gasteiger partial charge in [0.05, 0.1) is 11.6 Å². The monoisotopic (exact) mass is 365 g/mol. The number of rotatable bonds is 9. The van der Waals surface area contributed by atoms with Crippen molar-refractivity contribution < 1.29 is 13.9 Å². The highest BCUT2D eigenvalue weighted by Gasteiger charge is 2.09. The predicted molar refractivity (Wildman–Crippen MR) is 99.9 cm³/mol. The first-order valence-corrected chi connectivity index (χ1v) is 8.97. The van der Waals surface area contributed by atoms with E-state index in [1.54, 1.807) is 6.07 Å². The lowest BCUT2D eigenvalue weighted by atomic mass is 10.1. The average Bonchev–Trinajstić information content (AvgIpc) is 2.60. The molecule has 1 atom stereocenters. The van der Waals surface area contributed by atoms with Crippen LogP contribution in [-0.4, -0.2) is 12.6 Å². The SMILES string of the molecule is CCOc1cc(CN[C@@H](C)CC)ccc1OCc1ccc(F)cc1Cl. The molecule has 0 bridgehead atoms. The Balaban J connectivity index is 2.08. The van der Waals surface area contributed by atoms with E-state index in [-0.39, 0.29) is 12.4 Å². The fourth-order valence-corrected chi connectivity index (χ4v) is 2.50. The second kappa shape index (κ2) is 9.64.